The van der Waals surface area contributed by atoms with Crippen LogP contribution in [0, 0.1) is 11.8 Å². The van der Waals surface area contributed by atoms with Crippen molar-refractivity contribution < 1.29 is 76.7 Å². The van der Waals surface area contributed by atoms with E-state index in [4.69, 9.17) is 34.2 Å². The number of fused-ring (bicyclic) bond motifs is 3. The van der Waals surface area contributed by atoms with Crippen molar-refractivity contribution in [3.8, 4) is 11.1 Å². The third-order valence-electron chi connectivity index (χ3n) is 17.1. The molecule has 10 N–H and O–H groups in total. The second kappa shape index (κ2) is 35.0. The summed E-state index contributed by atoms with van der Waals surface area (Å²) in [6.45, 7) is 13.2. The largest absolute Gasteiger partial charge is 0.459 e. The minimum Gasteiger partial charge on any atom is -0.459 e. The van der Waals surface area contributed by atoms with Crippen molar-refractivity contribution in [2.24, 2.45) is 17.6 Å². The van der Waals surface area contributed by atoms with Crippen LogP contribution in [0.25, 0.3) is 11.1 Å². The van der Waals surface area contributed by atoms with Crippen LogP contribution in [-0.2, 0) is 63.8 Å². The third kappa shape index (κ3) is 22.0. The molecule has 3 aromatic carbocycles. The first kappa shape index (κ1) is 72.8. The van der Waals surface area contributed by atoms with Crippen molar-refractivity contribution in [2.45, 2.75) is 186 Å². The van der Waals surface area contributed by atoms with E-state index >= 15 is 0 Å². The molecule has 11 atom stereocenters. The number of urea groups is 1. The van der Waals surface area contributed by atoms with Gasteiger partial charge in [0, 0.05) is 57.6 Å². The fourth-order valence-corrected chi connectivity index (χ4v) is 11.8. The number of unbranched alkanes of at least 4 members (excludes halogenated alkanes) is 2. The van der Waals surface area contributed by atoms with Crippen LogP contribution in [0.15, 0.2) is 109 Å². The Bertz CT molecular complexity index is 3180. The van der Waals surface area contributed by atoms with E-state index in [1.165, 1.54) is 26.1 Å². The van der Waals surface area contributed by atoms with Gasteiger partial charge in [0.25, 0.3) is 0 Å². The van der Waals surface area contributed by atoms with Crippen molar-refractivity contribution in [1.29, 1.82) is 0 Å². The summed E-state index contributed by atoms with van der Waals surface area (Å²) in [6, 6.07) is 19.6. The first-order chi connectivity index (χ1) is 44.9. The first-order valence-corrected chi connectivity index (χ1v) is 32.3. The number of hydrogen-bond donors (Lipinski definition) is 9. The average Bonchev–Trinajstić information content (AvgIpc) is 1.61. The van der Waals surface area contributed by atoms with Crippen LogP contribution >= 0.6 is 0 Å². The van der Waals surface area contributed by atoms with Crippen LogP contribution in [0.1, 0.15) is 135 Å². The number of aliphatic hydroxyl groups excluding tert-OH is 1. The van der Waals surface area contributed by atoms with Gasteiger partial charge >= 0.3 is 24.2 Å². The van der Waals surface area contributed by atoms with E-state index in [2.05, 4.69) is 68.5 Å². The maximum atomic E-state index is 13.8. The molecule has 0 bridgehead atoms. The van der Waals surface area contributed by atoms with Crippen LogP contribution in [0.2, 0.25) is 0 Å². The maximum absolute atomic E-state index is 13.8. The van der Waals surface area contributed by atoms with Gasteiger partial charge in [-0.05, 0) is 117 Å². The lowest BCUT2D eigenvalue weighted by molar-refractivity contribution is -0.152. The van der Waals surface area contributed by atoms with E-state index in [-0.39, 0.29) is 99.7 Å². The predicted molar refractivity (Wildman–Crippen MR) is 349 cm³/mol. The number of hydrazine groups is 1. The Morgan fingerprint density at radius 3 is 2.15 bits per heavy atom. The molecule has 9 amide bonds. The zero-order valence-corrected chi connectivity index (χ0v) is 54.9. The number of anilines is 1. The van der Waals surface area contributed by atoms with Crippen molar-refractivity contribution in [1.82, 2.24) is 37.0 Å². The number of ether oxygens (including phenoxy) is 6. The van der Waals surface area contributed by atoms with E-state index in [0.717, 1.165) is 32.8 Å². The molecule has 25 nitrogen and oxygen atoms in total. The maximum Gasteiger partial charge on any atom is 0.426 e. The SMILES string of the molecule is CC(=O)O[C@@H](C)/C=C\C(=O)N[C@@H]1C[C@H](C)[C@H](C/C=C(C)/C=C/[C@H]2O[C@H](CC(=O)N(C)NC(=O)OCc3ccc(NC(=O)[C@H](CCCNC(N)=O)NC(=O)[C@@H](NC(=O)CCCCCNC(=O)OCC4c5ccccc5-c5ccccc54)C(C)C)cc3)C[C@@]3(CO3)[C@@H]2O)O[C@@H]1C. The smallest absolute Gasteiger partial charge is 0.426 e. The van der Waals surface area contributed by atoms with Gasteiger partial charge in [-0.3, -0.25) is 33.8 Å². The number of primary amides is 1. The fourth-order valence-electron chi connectivity index (χ4n) is 11.8. The number of carbonyl (C=O) groups excluding carboxylic acids is 9. The molecule has 3 heterocycles. The minimum atomic E-state index is -1.09. The Morgan fingerprint density at radius 2 is 1.49 bits per heavy atom. The molecule has 4 aliphatic rings. The van der Waals surface area contributed by atoms with E-state index < -0.39 is 84.0 Å². The Labute approximate surface area is 549 Å². The highest BCUT2D eigenvalue weighted by Crippen LogP contribution is 2.45. The van der Waals surface area contributed by atoms with Crippen LogP contribution in [0.4, 0.5) is 20.1 Å². The van der Waals surface area contributed by atoms with Gasteiger partial charge in [0.2, 0.25) is 29.5 Å². The quantitative estimate of drug-likeness (QED) is 0.00632. The number of esters is 1. The van der Waals surface area contributed by atoms with Gasteiger partial charge in [-0.25, -0.2) is 19.8 Å². The number of hydrogen-bond acceptors (Lipinski definition) is 16. The van der Waals surface area contributed by atoms with Gasteiger partial charge in [-0.15, -0.1) is 0 Å². The normalized spacial score (nSPS) is 22.4. The highest BCUT2D eigenvalue weighted by Gasteiger charge is 2.58. The summed E-state index contributed by atoms with van der Waals surface area (Å²) >= 11 is 0. The summed E-state index contributed by atoms with van der Waals surface area (Å²) < 4.78 is 34.4. The van der Waals surface area contributed by atoms with E-state index in [1.54, 1.807) is 51.1 Å². The molecule has 94 heavy (non-hydrogen) atoms. The molecule has 7 rings (SSSR count). The van der Waals surface area contributed by atoms with Crippen molar-refractivity contribution in [3.63, 3.8) is 0 Å². The number of epoxide rings is 1. The van der Waals surface area contributed by atoms with Crippen LogP contribution < -0.4 is 43.1 Å². The van der Waals surface area contributed by atoms with Gasteiger partial charge in [-0.2, -0.15) is 0 Å². The predicted octanol–water partition coefficient (Wildman–Crippen LogP) is 6.77. The topological polar surface area (TPSA) is 346 Å². The number of allylic oxidation sites excluding steroid dienone is 2. The number of rotatable bonds is 30. The number of aliphatic hydroxyl groups is 1. The van der Waals surface area contributed by atoms with Gasteiger partial charge in [0.05, 0.1) is 37.4 Å². The van der Waals surface area contributed by atoms with Crippen LogP contribution in [0.5, 0.6) is 0 Å². The number of benzene rings is 3. The second-order valence-corrected chi connectivity index (χ2v) is 25.0. The van der Waals surface area contributed by atoms with Crippen molar-refractivity contribution in [2.75, 3.05) is 38.7 Å². The molecule has 3 fully saturated rings. The number of nitrogens with one attached hydrogen (secondary N) is 7. The number of amides is 9. The Balaban J connectivity index is 0.803. The molecule has 0 unspecified atom stereocenters. The summed E-state index contributed by atoms with van der Waals surface area (Å²) in [5, 5.41) is 28.9. The minimum absolute atomic E-state index is 0.0532. The molecule has 0 saturated carbocycles. The lowest BCUT2D eigenvalue weighted by atomic mass is 9.87. The number of carbonyl (C=O) groups is 9. The molecule has 0 aromatic heterocycles. The molecule has 510 valence electrons. The highest BCUT2D eigenvalue weighted by atomic mass is 16.6. The van der Waals surface area contributed by atoms with Crippen LogP contribution in [0.3, 0.4) is 0 Å². The Hall–Kier alpha value is -8.65. The Morgan fingerprint density at radius 1 is 0.809 bits per heavy atom. The Kier molecular flexibility index (Phi) is 27.1. The first-order valence-electron chi connectivity index (χ1n) is 32.3. The molecule has 1 spiro atoms. The van der Waals surface area contributed by atoms with Crippen LogP contribution in [-0.4, -0.2) is 158 Å². The number of alkyl carbamates (subject to hydrolysis) is 1. The molecule has 3 aromatic rings. The molecule has 3 saturated heterocycles. The summed E-state index contributed by atoms with van der Waals surface area (Å²) in [4.78, 5) is 115. The molecular weight excluding hydrogens is 1210 g/mol. The second-order valence-electron chi connectivity index (χ2n) is 25.0. The highest BCUT2D eigenvalue weighted by molar-refractivity contribution is 5.98. The molecular formula is C69H93N9O16. The lowest BCUT2D eigenvalue weighted by Crippen LogP contribution is -2.54. The van der Waals surface area contributed by atoms with Gasteiger partial charge in [-0.1, -0.05) is 112 Å². The summed E-state index contributed by atoms with van der Waals surface area (Å²) in [7, 11) is 1.38. The summed E-state index contributed by atoms with van der Waals surface area (Å²) in [5.41, 5.74) is 13.1. The lowest BCUT2D eigenvalue weighted by Gasteiger charge is -2.39. The van der Waals surface area contributed by atoms with Crippen molar-refractivity contribution >= 4 is 59.4 Å². The van der Waals surface area contributed by atoms with E-state index in [0.29, 0.717) is 56.5 Å². The number of nitrogens with zero attached hydrogens (tertiary/aromatic N) is 1. The average molecular weight is 1300 g/mol. The van der Waals surface area contributed by atoms with Gasteiger partial charge in [0.15, 0.2) is 0 Å². The number of nitrogens with two attached hydrogens (primary N) is 1. The molecule has 0 radical (unpaired) electrons. The van der Waals surface area contributed by atoms with Gasteiger partial charge < -0.3 is 71.2 Å². The zero-order valence-electron chi connectivity index (χ0n) is 54.9. The zero-order chi connectivity index (χ0) is 68.1. The van der Waals surface area contributed by atoms with E-state index in [1.807, 2.05) is 50.3 Å². The third-order valence-corrected chi connectivity index (χ3v) is 17.1. The fraction of sp³-hybridized carbons (Fsp3) is 0.522. The summed E-state index contributed by atoms with van der Waals surface area (Å²) in [6.07, 6.45) is 7.44. The standard InChI is InChI=1S/C69H93N9O16/c1-41(2)62(76-59(80)22-10-9-15-33-72-67(87)90-39-54-52-19-13-11-17-50(52)51-18-12-14-20-53(51)54)65(85)75-55(21-16-34-71-66(70)86)64(84)73-48-28-26-47(27-29-48)38-89-68(88)77-78(8)61(82)36-49-37-69(40-91-69)63(83)58(94-49)31-24-42(3)23-30-57-43(4)35-56(45(6)93-57)74-60(81)32-25-44(5)92-46(7)79/h11-14,17-20,23-29,31-32,41,43-45,49,54-58,62-63,83H,9-10,15-16,21-22,30,33-40H2,1-8H3,(H,72,87)(H,73,84)(H,74,81)(H,75,85)(H,76,80)(H,77,88)(H3,70,71,86)/b31-24+,32-25-,42-23+/t43-,44-,45+,49+,55-,56+,57-,58+,62-,63+,69+/m0/s1. The molecule has 3 aliphatic heterocycles. The van der Waals surface area contributed by atoms with Crippen molar-refractivity contribution in [3.05, 3.63) is 125 Å². The van der Waals surface area contributed by atoms with Gasteiger partial charge in [0.1, 0.15) is 49.2 Å². The summed E-state index contributed by atoms with van der Waals surface area (Å²) in [5.74, 6) is -2.99. The van der Waals surface area contributed by atoms with E-state index in [9.17, 15) is 48.3 Å². The molecule has 25 heteroatoms. The monoisotopic (exact) mass is 1300 g/mol. The molecule has 1 aliphatic carbocycles.